The summed E-state index contributed by atoms with van der Waals surface area (Å²) in [6, 6.07) is 14.9. The zero-order chi connectivity index (χ0) is 22.3. The molecule has 0 bridgehead atoms. The average Bonchev–Trinajstić information content (AvgIpc) is 2.77. The minimum Gasteiger partial charge on any atom is -0.296 e. The number of fused-ring (bicyclic) bond motifs is 1. The van der Waals surface area contributed by atoms with Crippen LogP contribution in [0.15, 0.2) is 47.4 Å². The van der Waals surface area contributed by atoms with E-state index in [4.69, 9.17) is 0 Å². The highest BCUT2D eigenvalue weighted by atomic mass is 32.2. The van der Waals surface area contributed by atoms with Crippen molar-refractivity contribution in [2.45, 2.75) is 46.1 Å². The standard InChI is InChI=1S/C26H32N2O2S/c1-18-19(2)21(4)26(22(5)20(18)3)31(29,30)28-15-13-27(14-16-28)17-24-11-8-10-23-9-6-7-12-25(23)24/h6-12H,13-17H2,1-5H3. The Morgan fingerprint density at radius 3 is 1.90 bits per heavy atom. The molecule has 0 spiro atoms. The highest BCUT2D eigenvalue weighted by molar-refractivity contribution is 7.89. The summed E-state index contributed by atoms with van der Waals surface area (Å²) in [5.74, 6) is 0. The molecule has 1 saturated heterocycles. The molecule has 0 aliphatic carbocycles. The number of sulfonamides is 1. The minimum absolute atomic E-state index is 0.510. The van der Waals surface area contributed by atoms with Gasteiger partial charge in [0, 0.05) is 32.7 Å². The molecule has 0 N–H and O–H groups in total. The second kappa shape index (κ2) is 8.38. The molecule has 0 amide bonds. The molecule has 4 nitrogen and oxygen atoms in total. The smallest absolute Gasteiger partial charge is 0.243 e. The predicted octanol–water partition coefficient (Wildman–Crippen LogP) is 4.89. The fourth-order valence-electron chi connectivity index (χ4n) is 4.78. The van der Waals surface area contributed by atoms with Gasteiger partial charge in [-0.05, 0) is 78.8 Å². The van der Waals surface area contributed by atoms with Gasteiger partial charge in [0.1, 0.15) is 0 Å². The number of rotatable bonds is 4. The van der Waals surface area contributed by atoms with Gasteiger partial charge in [0.2, 0.25) is 10.0 Å². The van der Waals surface area contributed by atoms with Crippen molar-refractivity contribution in [1.82, 2.24) is 9.21 Å². The van der Waals surface area contributed by atoms with E-state index in [0.717, 1.165) is 41.9 Å². The summed E-state index contributed by atoms with van der Waals surface area (Å²) in [5.41, 5.74) is 6.42. The molecular weight excluding hydrogens is 404 g/mol. The van der Waals surface area contributed by atoms with Crippen molar-refractivity contribution in [2.24, 2.45) is 0 Å². The fourth-order valence-corrected chi connectivity index (χ4v) is 6.76. The second-order valence-corrected chi connectivity index (χ2v) is 10.6. The molecule has 1 aliphatic rings. The van der Waals surface area contributed by atoms with Crippen LogP contribution in [0, 0.1) is 34.6 Å². The summed E-state index contributed by atoms with van der Waals surface area (Å²) in [4.78, 5) is 2.87. The van der Waals surface area contributed by atoms with E-state index in [1.54, 1.807) is 4.31 Å². The first-order chi connectivity index (χ1) is 14.7. The molecule has 1 aliphatic heterocycles. The van der Waals surface area contributed by atoms with Gasteiger partial charge < -0.3 is 0 Å². The summed E-state index contributed by atoms with van der Waals surface area (Å²) < 4.78 is 28.9. The number of nitrogens with zero attached hydrogens (tertiary/aromatic N) is 2. The lowest BCUT2D eigenvalue weighted by molar-refractivity contribution is 0.182. The van der Waals surface area contributed by atoms with Crippen LogP contribution in [-0.2, 0) is 16.6 Å². The fraction of sp³-hybridized carbons (Fsp3) is 0.385. The van der Waals surface area contributed by atoms with Crippen LogP contribution in [0.2, 0.25) is 0 Å². The van der Waals surface area contributed by atoms with Gasteiger partial charge in [-0.1, -0.05) is 42.5 Å². The third-order valence-electron chi connectivity index (χ3n) is 7.13. The first-order valence-corrected chi connectivity index (χ1v) is 12.4. The van der Waals surface area contributed by atoms with E-state index >= 15 is 0 Å². The van der Waals surface area contributed by atoms with E-state index in [2.05, 4.69) is 54.3 Å². The Morgan fingerprint density at radius 2 is 1.26 bits per heavy atom. The van der Waals surface area contributed by atoms with Crippen molar-refractivity contribution in [2.75, 3.05) is 26.2 Å². The van der Waals surface area contributed by atoms with Crippen molar-refractivity contribution < 1.29 is 8.42 Å². The Balaban J connectivity index is 1.54. The molecule has 1 heterocycles. The SMILES string of the molecule is Cc1c(C)c(C)c(S(=O)(=O)N2CCN(Cc3cccc4ccccc34)CC2)c(C)c1C. The lowest BCUT2D eigenvalue weighted by Crippen LogP contribution is -2.48. The van der Waals surface area contributed by atoms with Gasteiger partial charge in [-0.3, -0.25) is 4.90 Å². The maximum absolute atomic E-state index is 13.6. The van der Waals surface area contributed by atoms with Gasteiger partial charge >= 0.3 is 0 Å². The van der Waals surface area contributed by atoms with E-state index in [0.29, 0.717) is 18.0 Å². The normalized spacial score (nSPS) is 16.2. The first-order valence-electron chi connectivity index (χ1n) is 11.0. The summed E-state index contributed by atoms with van der Waals surface area (Å²) in [6.45, 7) is 13.4. The van der Waals surface area contributed by atoms with Gasteiger partial charge in [-0.25, -0.2) is 8.42 Å². The summed E-state index contributed by atoms with van der Waals surface area (Å²) in [7, 11) is -3.51. The van der Waals surface area contributed by atoms with E-state index < -0.39 is 10.0 Å². The average molecular weight is 437 g/mol. The Kier molecular flexibility index (Phi) is 5.95. The van der Waals surface area contributed by atoms with Crippen molar-refractivity contribution in [1.29, 1.82) is 0 Å². The molecule has 0 radical (unpaired) electrons. The molecule has 0 atom stereocenters. The largest absolute Gasteiger partial charge is 0.296 e. The molecule has 4 rings (SSSR count). The van der Waals surface area contributed by atoms with Gasteiger partial charge in [0.15, 0.2) is 0 Å². The molecule has 5 heteroatoms. The molecule has 0 aromatic heterocycles. The monoisotopic (exact) mass is 436 g/mol. The number of hydrogen-bond donors (Lipinski definition) is 0. The number of piperazine rings is 1. The van der Waals surface area contributed by atoms with Crippen molar-refractivity contribution >= 4 is 20.8 Å². The second-order valence-electron chi connectivity index (χ2n) is 8.77. The topological polar surface area (TPSA) is 40.6 Å². The summed E-state index contributed by atoms with van der Waals surface area (Å²) in [5, 5.41) is 2.52. The lowest BCUT2D eigenvalue weighted by Gasteiger charge is -2.35. The maximum Gasteiger partial charge on any atom is 0.243 e. The Hall–Kier alpha value is -2.21. The van der Waals surface area contributed by atoms with Crippen LogP contribution in [0.1, 0.15) is 33.4 Å². The zero-order valence-electron chi connectivity index (χ0n) is 19.2. The minimum atomic E-state index is -3.51. The molecule has 31 heavy (non-hydrogen) atoms. The molecule has 3 aromatic rings. The molecule has 0 saturated carbocycles. The van der Waals surface area contributed by atoms with Gasteiger partial charge in [0.25, 0.3) is 0 Å². The molecule has 1 fully saturated rings. The van der Waals surface area contributed by atoms with Crippen LogP contribution in [0.25, 0.3) is 10.8 Å². The zero-order valence-corrected chi connectivity index (χ0v) is 20.0. The maximum atomic E-state index is 13.6. The molecule has 164 valence electrons. The summed E-state index contributed by atoms with van der Waals surface area (Å²) >= 11 is 0. The molecular formula is C26H32N2O2S. The number of benzene rings is 3. The van der Waals surface area contributed by atoms with Crippen LogP contribution >= 0.6 is 0 Å². The first kappa shape index (κ1) is 22.0. The van der Waals surface area contributed by atoms with E-state index in [9.17, 15) is 8.42 Å². The van der Waals surface area contributed by atoms with Gasteiger partial charge in [-0.2, -0.15) is 4.31 Å². The highest BCUT2D eigenvalue weighted by Gasteiger charge is 2.32. The van der Waals surface area contributed by atoms with Crippen LogP contribution < -0.4 is 0 Å². The van der Waals surface area contributed by atoms with Gasteiger partial charge in [-0.15, -0.1) is 0 Å². The number of hydrogen-bond acceptors (Lipinski definition) is 3. The van der Waals surface area contributed by atoms with Crippen LogP contribution in [0.4, 0.5) is 0 Å². The summed E-state index contributed by atoms with van der Waals surface area (Å²) in [6.07, 6.45) is 0. The lowest BCUT2D eigenvalue weighted by atomic mass is 9.95. The van der Waals surface area contributed by atoms with Crippen molar-refractivity contribution in [3.8, 4) is 0 Å². The predicted molar refractivity (Wildman–Crippen MR) is 128 cm³/mol. The van der Waals surface area contributed by atoms with E-state index in [1.165, 1.54) is 21.9 Å². The quantitative estimate of drug-likeness (QED) is 0.585. The van der Waals surface area contributed by atoms with Crippen molar-refractivity contribution in [3.63, 3.8) is 0 Å². The Morgan fingerprint density at radius 1 is 0.710 bits per heavy atom. The third-order valence-corrected chi connectivity index (χ3v) is 9.31. The molecule has 0 unspecified atom stereocenters. The third kappa shape index (κ3) is 3.91. The highest BCUT2D eigenvalue weighted by Crippen LogP contribution is 2.32. The van der Waals surface area contributed by atoms with Gasteiger partial charge in [0.05, 0.1) is 4.90 Å². The molecule has 3 aromatic carbocycles. The van der Waals surface area contributed by atoms with Crippen molar-refractivity contribution in [3.05, 3.63) is 75.8 Å². The Labute approximate surface area is 186 Å². The van der Waals surface area contributed by atoms with E-state index in [-0.39, 0.29) is 0 Å². The van der Waals surface area contributed by atoms with Crippen LogP contribution in [0.3, 0.4) is 0 Å². The Bertz CT molecular complexity index is 1210. The van der Waals surface area contributed by atoms with Crippen LogP contribution in [-0.4, -0.2) is 43.8 Å². The van der Waals surface area contributed by atoms with E-state index in [1.807, 2.05) is 27.7 Å². The van der Waals surface area contributed by atoms with Crippen LogP contribution in [0.5, 0.6) is 0 Å².